The molecule has 164 valence electrons. The summed E-state index contributed by atoms with van der Waals surface area (Å²) < 4.78 is 39.2. The van der Waals surface area contributed by atoms with Crippen LogP contribution in [0, 0.1) is 11.3 Å². The average molecular weight is 442 g/mol. The van der Waals surface area contributed by atoms with Crippen LogP contribution in [-0.2, 0) is 22.7 Å². The number of aryl methyl sites for hydroxylation is 1. The predicted octanol–water partition coefficient (Wildman–Crippen LogP) is 3.56. The number of nitriles is 1. The molecule has 8 nitrogen and oxygen atoms in total. The summed E-state index contributed by atoms with van der Waals surface area (Å²) >= 11 is 0. The smallest absolute Gasteiger partial charge is 0.385 e. The van der Waals surface area contributed by atoms with Gasteiger partial charge in [0.1, 0.15) is 11.6 Å². The van der Waals surface area contributed by atoms with Gasteiger partial charge >= 0.3 is 6.18 Å². The minimum atomic E-state index is -4.57. The van der Waals surface area contributed by atoms with Gasteiger partial charge in [0.05, 0.1) is 29.2 Å². The van der Waals surface area contributed by atoms with Crippen LogP contribution in [0.4, 0.5) is 19.0 Å². The van der Waals surface area contributed by atoms with Crippen LogP contribution >= 0.6 is 0 Å². The number of carbonyl (C=O) groups is 1. The van der Waals surface area contributed by atoms with Gasteiger partial charge in [-0.2, -0.15) is 18.4 Å². The number of imidazole rings is 1. The van der Waals surface area contributed by atoms with Crippen molar-refractivity contribution < 1.29 is 22.8 Å². The number of anilines is 1. The van der Waals surface area contributed by atoms with Crippen LogP contribution in [0.3, 0.4) is 0 Å². The van der Waals surface area contributed by atoms with Crippen LogP contribution in [-0.4, -0.2) is 38.9 Å². The molecule has 0 N–H and O–H groups in total. The van der Waals surface area contributed by atoms with Crippen molar-refractivity contribution in [1.82, 2.24) is 14.5 Å². The zero-order chi connectivity index (χ0) is 22.7. The largest absolute Gasteiger partial charge is 0.425 e. The van der Waals surface area contributed by atoms with E-state index in [-0.39, 0.29) is 23.6 Å². The normalized spacial score (nSPS) is 14.8. The van der Waals surface area contributed by atoms with Gasteiger partial charge < -0.3 is 9.40 Å². The van der Waals surface area contributed by atoms with Gasteiger partial charge in [-0.05, 0) is 30.7 Å². The Morgan fingerprint density at radius 3 is 2.78 bits per heavy atom. The number of halogens is 3. The molecule has 0 unspecified atom stereocenters. The van der Waals surface area contributed by atoms with Crippen molar-refractivity contribution in [2.45, 2.75) is 32.1 Å². The molecule has 2 aromatic heterocycles. The number of hydrogen-bond donors (Lipinski definition) is 0. The summed E-state index contributed by atoms with van der Waals surface area (Å²) in [6.45, 7) is -1.05. The maximum atomic E-state index is 13.0. The number of fused-ring (bicyclic) bond motifs is 2. The Morgan fingerprint density at radius 1 is 1.19 bits per heavy atom. The Balaban J connectivity index is 1.67. The fraction of sp³-hybridized carbons (Fsp3) is 0.286. The van der Waals surface area contributed by atoms with E-state index in [1.807, 2.05) is 28.8 Å². The number of alkyl halides is 3. The molecular formula is C21H17F3N6O2. The zero-order valence-corrected chi connectivity index (χ0v) is 16.7. The number of rotatable bonds is 7. The number of aromatic nitrogens is 3. The first-order chi connectivity index (χ1) is 15.4. The third-order valence-electron chi connectivity index (χ3n) is 4.83. The minimum Gasteiger partial charge on any atom is -0.385 e. The molecule has 0 spiro atoms. The Morgan fingerprint density at radius 2 is 2.00 bits per heavy atom. The summed E-state index contributed by atoms with van der Waals surface area (Å²) in [5.41, 5.74) is 1.63. The first-order valence-electron chi connectivity index (χ1n) is 9.74. The fourth-order valence-electron chi connectivity index (χ4n) is 3.49. The minimum absolute atomic E-state index is 0.0301. The molecule has 0 atom stereocenters. The van der Waals surface area contributed by atoms with Crippen LogP contribution < -0.4 is 4.90 Å². The number of hydrogen-bond acceptors (Lipinski definition) is 6. The van der Waals surface area contributed by atoms with Gasteiger partial charge in [-0.15, -0.1) is 0 Å². The van der Waals surface area contributed by atoms with Gasteiger partial charge in [0.15, 0.2) is 5.71 Å². The van der Waals surface area contributed by atoms with E-state index in [0.717, 1.165) is 11.0 Å². The zero-order valence-electron chi connectivity index (χ0n) is 16.7. The summed E-state index contributed by atoms with van der Waals surface area (Å²) in [6, 6.07) is 12.7. The lowest BCUT2D eigenvalue weighted by Crippen LogP contribution is -2.31. The first kappa shape index (κ1) is 21.3. The van der Waals surface area contributed by atoms with E-state index in [0.29, 0.717) is 25.2 Å². The van der Waals surface area contributed by atoms with Crippen molar-refractivity contribution in [3.05, 3.63) is 54.0 Å². The monoisotopic (exact) mass is 442 g/mol. The first-order valence-corrected chi connectivity index (χ1v) is 9.74. The Bertz CT molecular complexity index is 1230. The lowest BCUT2D eigenvalue weighted by atomic mass is 10.2. The second-order valence-corrected chi connectivity index (χ2v) is 7.02. The van der Waals surface area contributed by atoms with E-state index in [1.54, 1.807) is 12.1 Å². The van der Waals surface area contributed by atoms with Crippen molar-refractivity contribution in [2.24, 2.45) is 5.16 Å². The van der Waals surface area contributed by atoms with Crippen molar-refractivity contribution >= 4 is 28.5 Å². The number of nitrogens with zero attached hydrogens (tertiary/aromatic N) is 6. The molecular weight excluding hydrogens is 425 g/mol. The summed E-state index contributed by atoms with van der Waals surface area (Å²) in [4.78, 5) is 27.6. The topological polar surface area (TPSA) is 96.4 Å². The number of benzene rings is 1. The second-order valence-electron chi connectivity index (χ2n) is 7.02. The average Bonchev–Trinajstić information content (AvgIpc) is 3.24. The molecule has 1 aliphatic rings. The highest BCUT2D eigenvalue weighted by atomic mass is 19.4. The molecule has 0 bridgehead atoms. The number of oxime groups is 1. The van der Waals surface area contributed by atoms with E-state index in [4.69, 9.17) is 5.26 Å². The lowest BCUT2D eigenvalue weighted by Gasteiger charge is -2.16. The van der Waals surface area contributed by atoms with Gasteiger partial charge in [0.2, 0.25) is 6.61 Å². The van der Waals surface area contributed by atoms with Gasteiger partial charge in [-0.25, -0.2) is 9.97 Å². The quantitative estimate of drug-likeness (QED) is 0.412. The van der Waals surface area contributed by atoms with E-state index < -0.39 is 18.7 Å². The molecule has 4 rings (SSSR count). The molecule has 0 radical (unpaired) electrons. The van der Waals surface area contributed by atoms with Crippen LogP contribution in [0.2, 0.25) is 0 Å². The molecule has 3 aromatic rings. The lowest BCUT2D eigenvalue weighted by molar-refractivity contribution is -0.173. The molecule has 32 heavy (non-hydrogen) atoms. The number of unbranched alkanes of at least 4 members (excludes halogenated alkanes) is 1. The van der Waals surface area contributed by atoms with Crippen molar-refractivity contribution in [1.29, 1.82) is 5.26 Å². The summed E-state index contributed by atoms with van der Waals surface area (Å²) in [5, 5.41) is 12.3. The van der Waals surface area contributed by atoms with Crippen molar-refractivity contribution in [3.8, 4) is 6.07 Å². The highest BCUT2D eigenvalue weighted by molar-refractivity contribution is 6.53. The van der Waals surface area contributed by atoms with Gasteiger partial charge in [-0.3, -0.25) is 9.69 Å². The molecule has 0 aliphatic carbocycles. The van der Waals surface area contributed by atoms with Crippen LogP contribution in [0.25, 0.3) is 11.0 Å². The molecule has 0 saturated heterocycles. The number of carbonyl (C=O) groups excluding carboxylic acids is 1. The number of amides is 1. The predicted molar refractivity (Wildman–Crippen MR) is 109 cm³/mol. The molecule has 3 heterocycles. The van der Waals surface area contributed by atoms with Crippen LogP contribution in [0.5, 0.6) is 0 Å². The summed E-state index contributed by atoms with van der Waals surface area (Å²) in [6.07, 6.45) is -2.12. The summed E-state index contributed by atoms with van der Waals surface area (Å²) in [7, 11) is 0. The Labute approximate surface area is 180 Å². The standard InChI is InChI=1S/C21H17F3N6O2/c22-21(23,24)13-32-28-18-14-6-5-10-26-19(14)30(20(18)31)12-17-27-15-7-1-2-8-16(15)29(17)11-4-3-9-25/h1-2,5-8,10H,3-4,11-13H2. The fourth-order valence-corrected chi connectivity index (χ4v) is 3.49. The third-order valence-corrected chi connectivity index (χ3v) is 4.83. The molecule has 1 aliphatic heterocycles. The van der Waals surface area contributed by atoms with E-state index in [9.17, 15) is 18.0 Å². The maximum absolute atomic E-state index is 13.0. The van der Waals surface area contributed by atoms with Crippen LogP contribution in [0.1, 0.15) is 24.2 Å². The third kappa shape index (κ3) is 4.25. The molecule has 1 amide bonds. The SMILES string of the molecule is N#CCCCn1c(CN2C(=O)C(=NOCC(F)(F)F)c3cccnc32)nc2ccccc21. The van der Waals surface area contributed by atoms with Crippen molar-refractivity contribution in [2.75, 3.05) is 11.5 Å². The van der Waals surface area contributed by atoms with E-state index in [1.165, 1.54) is 11.1 Å². The Hall–Kier alpha value is -3.94. The van der Waals surface area contributed by atoms with Gasteiger partial charge in [0.25, 0.3) is 5.91 Å². The van der Waals surface area contributed by atoms with Gasteiger partial charge in [-0.1, -0.05) is 17.3 Å². The highest BCUT2D eigenvalue weighted by Crippen LogP contribution is 2.29. The number of pyridine rings is 1. The number of para-hydroxylation sites is 2. The van der Waals surface area contributed by atoms with Gasteiger partial charge in [0, 0.05) is 19.2 Å². The molecule has 0 saturated carbocycles. The maximum Gasteiger partial charge on any atom is 0.425 e. The molecule has 0 fully saturated rings. The Kier molecular flexibility index (Phi) is 5.77. The highest BCUT2D eigenvalue weighted by Gasteiger charge is 2.37. The molecule has 11 heteroatoms. The van der Waals surface area contributed by atoms with E-state index >= 15 is 0 Å². The second kappa shape index (κ2) is 8.66. The summed E-state index contributed by atoms with van der Waals surface area (Å²) in [5.74, 6) is 0.200. The molecule has 1 aromatic carbocycles. The van der Waals surface area contributed by atoms with Crippen molar-refractivity contribution in [3.63, 3.8) is 0 Å². The van der Waals surface area contributed by atoms with E-state index in [2.05, 4.69) is 26.0 Å². The van der Waals surface area contributed by atoms with Crippen LogP contribution in [0.15, 0.2) is 47.8 Å².